The molecule has 4 rings (SSSR count). The van der Waals surface area contributed by atoms with Crippen LogP contribution in [0, 0.1) is 5.82 Å². The number of carbonyl (C=O) groups excluding carboxylic acids is 4. The van der Waals surface area contributed by atoms with Gasteiger partial charge >= 0.3 is 0 Å². The standard InChI is InChI=1S/C24H23FN6O5/c25-16-3-1-15(2-4-16)22(33)29-17-5-7-18(8-6-17)30-24(35)21-20(27-14-28-21)23(34)26-13-19(32)31-9-11-36-12-10-31/h1-8,14H,9-13H2,(H,26,34)(H,27,28)(H,29,33)(H,30,35). The van der Waals surface area contributed by atoms with Gasteiger partial charge in [-0.15, -0.1) is 0 Å². The van der Waals surface area contributed by atoms with Crippen LogP contribution in [0.1, 0.15) is 31.3 Å². The minimum absolute atomic E-state index is 0.0783. The van der Waals surface area contributed by atoms with E-state index in [1.165, 1.54) is 30.6 Å². The molecule has 12 heteroatoms. The van der Waals surface area contributed by atoms with E-state index in [0.717, 1.165) is 0 Å². The molecule has 0 bridgehead atoms. The summed E-state index contributed by atoms with van der Waals surface area (Å²) in [4.78, 5) is 57.9. The lowest BCUT2D eigenvalue weighted by molar-refractivity contribution is -0.134. The summed E-state index contributed by atoms with van der Waals surface area (Å²) in [7, 11) is 0. The molecule has 2 aromatic carbocycles. The van der Waals surface area contributed by atoms with Crippen LogP contribution in [0.15, 0.2) is 54.9 Å². The first-order valence-corrected chi connectivity index (χ1v) is 11.1. The topological polar surface area (TPSA) is 146 Å². The van der Waals surface area contributed by atoms with Crippen molar-refractivity contribution in [2.75, 3.05) is 43.5 Å². The lowest BCUT2D eigenvalue weighted by atomic mass is 10.2. The van der Waals surface area contributed by atoms with Crippen molar-refractivity contribution in [3.63, 3.8) is 0 Å². The summed E-state index contributed by atoms with van der Waals surface area (Å²) in [6.45, 7) is 1.60. The van der Waals surface area contributed by atoms with Crippen molar-refractivity contribution < 1.29 is 28.3 Å². The zero-order chi connectivity index (χ0) is 25.5. The van der Waals surface area contributed by atoms with Crippen LogP contribution in [0.2, 0.25) is 0 Å². The van der Waals surface area contributed by atoms with Crippen molar-refractivity contribution in [1.82, 2.24) is 20.2 Å². The van der Waals surface area contributed by atoms with Crippen LogP contribution in [-0.4, -0.2) is 71.3 Å². The van der Waals surface area contributed by atoms with Gasteiger partial charge < -0.3 is 30.6 Å². The number of carbonyl (C=O) groups is 4. The second-order valence-corrected chi connectivity index (χ2v) is 7.79. The number of imidazole rings is 1. The highest BCUT2D eigenvalue weighted by molar-refractivity contribution is 6.10. The van der Waals surface area contributed by atoms with Crippen LogP contribution in [-0.2, 0) is 9.53 Å². The van der Waals surface area contributed by atoms with E-state index < -0.39 is 23.5 Å². The van der Waals surface area contributed by atoms with Gasteiger partial charge in [-0.05, 0) is 48.5 Å². The largest absolute Gasteiger partial charge is 0.378 e. The number of benzene rings is 2. The van der Waals surface area contributed by atoms with Crippen molar-refractivity contribution in [2.24, 2.45) is 0 Å². The smallest absolute Gasteiger partial charge is 0.276 e. The van der Waals surface area contributed by atoms with Gasteiger partial charge in [0.15, 0.2) is 5.69 Å². The minimum Gasteiger partial charge on any atom is -0.378 e. The molecule has 2 heterocycles. The second-order valence-electron chi connectivity index (χ2n) is 7.79. The van der Waals surface area contributed by atoms with Gasteiger partial charge in [0.2, 0.25) is 5.91 Å². The van der Waals surface area contributed by atoms with Crippen LogP contribution in [0.5, 0.6) is 0 Å². The lowest BCUT2D eigenvalue weighted by Crippen LogP contribution is -2.45. The van der Waals surface area contributed by atoms with Crippen molar-refractivity contribution >= 4 is 35.0 Å². The van der Waals surface area contributed by atoms with E-state index in [-0.39, 0.29) is 23.8 Å². The molecular weight excluding hydrogens is 471 g/mol. The Hall–Kier alpha value is -4.58. The number of morpholine rings is 1. The maximum absolute atomic E-state index is 13.0. The third-order valence-corrected chi connectivity index (χ3v) is 5.35. The number of hydrogen-bond acceptors (Lipinski definition) is 6. The number of aromatic amines is 1. The SMILES string of the molecule is O=C(Nc1ccc(NC(=O)c2nc[nH]c2C(=O)NCC(=O)N2CCOCC2)cc1)c1ccc(F)cc1. The number of halogens is 1. The Balaban J connectivity index is 1.32. The van der Waals surface area contributed by atoms with Crippen LogP contribution in [0.25, 0.3) is 0 Å². The first-order valence-electron chi connectivity index (χ1n) is 11.1. The van der Waals surface area contributed by atoms with E-state index in [9.17, 15) is 23.6 Å². The monoisotopic (exact) mass is 494 g/mol. The molecule has 1 aromatic heterocycles. The van der Waals surface area contributed by atoms with Gasteiger partial charge in [0.25, 0.3) is 17.7 Å². The third-order valence-electron chi connectivity index (χ3n) is 5.35. The van der Waals surface area contributed by atoms with E-state index in [2.05, 4.69) is 25.9 Å². The summed E-state index contributed by atoms with van der Waals surface area (Å²) in [5.41, 5.74) is 0.943. The molecule has 4 N–H and O–H groups in total. The number of H-pyrrole nitrogens is 1. The van der Waals surface area contributed by atoms with E-state index >= 15 is 0 Å². The van der Waals surface area contributed by atoms with Crippen LogP contribution < -0.4 is 16.0 Å². The summed E-state index contributed by atoms with van der Waals surface area (Å²) in [5, 5.41) is 7.80. The van der Waals surface area contributed by atoms with Crippen LogP contribution in [0.4, 0.5) is 15.8 Å². The van der Waals surface area contributed by atoms with Gasteiger partial charge in [0.05, 0.1) is 26.1 Å². The number of nitrogens with zero attached hydrogens (tertiary/aromatic N) is 2. The molecule has 1 aliphatic heterocycles. The number of anilines is 2. The molecule has 186 valence electrons. The fourth-order valence-electron chi connectivity index (χ4n) is 3.44. The zero-order valence-corrected chi connectivity index (χ0v) is 19.0. The zero-order valence-electron chi connectivity index (χ0n) is 19.0. The predicted molar refractivity (Wildman–Crippen MR) is 127 cm³/mol. The Morgan fingerprint density at radius 1 is 0.889 bits per heavy atom. The Kier molecular flexibility index (Phi) is 7.66. The van der Waals surface area contributed by atoms with E-state index in [1.807, 2.05) is 0 Å². The molecule has 1 aliphatic rings. The molecule has 11 nitrogen and oxygen atoms in total. The van der Waals surface area contributed by atoms with Crippen molar-refractivity contribution in [3.05, 3.63) is 77.6 Å². The maximum atomic E-state index is 13.0. The van der Waals surface area contributed by atoms with E-state index in [0.29, 0.717) is 43.2 Å². The molecule has 1 saturated heterocycles. The van der Waals surface area contributed by atoms with Gasteiger partial charge in [0, 0.05) is 30.0 Å². The maximum Gasteiger partial charge on any atom is 0.276 e. The number of ether oxygens (including phenoxy) is 1. The van der Waals surface area contributed by atoms with E-state index in [1.54, 1.807) is 29.2 Å². The highest BCUT2D eigenvalue weighted by Gasteiger charge is 2.22. The molecule has 4 amide bonds. The molecule has 1 fully saturated rings. The number of amides is 4. The molecule has 0 atom stereocenters. The van der Waals surface area contributed by atoms with Crippen LogP contribution in [0.3, 0.4) is 0 Å². The minimum atomic E-state index is -0.641. The fraction of sp³-hybridized carbons (Fsp3) is 0.208. The van der Waals surface area contributed by atoms with Crippen molar-refractivity contribution in [1.29, 1.82) is 0 Å². The number of hydrogen-bond donors (Lipinski definition) is 4. The second kappa shape index (κ2) is 11.2. The molecular formula is C24H23FN6O5. The summed E-state index contributed by atoms with van der Waals surface area (Å²) < 4.78 is 18.2. The number of rotatable bonds is 7. The Morgan fingerprint density at radius 3 is 2.14 bits per heavy atom. The van der Waals surface area contributed by atoms with Gasteiger partial charge in [-0.3, -0.25) is 19.2 Å². The van der Waals surface area contributed by atoms with Crippen molar-refractivity contribution in [2.45, 2.75) is 0 Å². The van der Waals surface area contributed by atoms with Gasteiger partial charge in [-0.25, -0.2) is 9.37 Å². The van der Waals surface area contributed by atoms with Gasteiger partial charge in [0.1, 0.15) is 11.5 Å². The highest BCUT2D eigenvalue weighted by Crippen LogP contribution is 2.16. The Bertz CT molecular complexity index is 1250. The first-order chi connectivity index (χ1) is 17.4. The number of aromatic nitrogens is 2. The first kappa shape index (κ1) is 24.5. The lowest BCUT2D eigenvalue weighted by Gasteiger charge is -2.26. The van der Waals surface area contributed by atoms with Gasteiger partial charge in [-0.1, -0.05) is 0 Å². The summed E-state index contributed by atoms with van der Waals surface area (Å²) in [6.07, 6.45) is 1.21. The fourth-order valence-corrected chi connectivity index (χ4v) is 3.44. The molecule has 0 radical (unpaired) electrons. The molecule has 0 spiro atoms. The van der Waals surface area contributed by atoms with E-state index in [4.69, 9.17) is 4.74 Å². The summed E-state index contributed by atoms with van der Waals surface area (Å²) >= 11 is 0. The molecule has 36 heavy (non-hydrogen) atoms. The Labute approximate surface area is 205 Å². The van der Waals surface area contributed by atoms with Crippen molar-refractivity contribution in [3.8, 4) is 0 Å². The molecule has 0 unspecified atom stereocenters. The van der Waals surface area contributed by atoms with Crippen LogP contribution >= 0.6 is 0 Å². The predicted octanol–water partition coefficient (Wildman–Crippen LogP) is 1.64. The normalized spacial score (nSPS) is 13.1. The average molecular weight is 494 g/mol. The summed E-state index contributed by atoms with van der Waals surface area (Å²) in [5.74, 6) is -2.37. The average Bonchev–Trinajstić information content (AvgIpc) is 3.39. The molecule has 0 aliphatic carbocycles. The third kappa shape index (κ3) is 6.10. The molecule has 3 aromatic rings. The molecule has 0 saturated carbocycles. The quantitative estimate of drug-likeness (QED) is 0.393. The highest BCUT2D eigenvalue weighted by atomic mass is 19.1. The van der Waals surface area contributed by atoms with Gasteiger partial charge in [-0.2, -0.15) is 0 Å². The Morgan fingerprint density at radius 2 is 1.50 bits per heavy atom. The number of nitrogens with one attached hydrogen (secondary N) is 4. The summed E-state index contributed by atoms with van der Waals surface area (Å²) in [6, 6.07) is 11.4.